The molecule has 0 amide bonds. The van der Waals surface area contributed by atoms with Crippen molar-refractivity contribution in [2.24, 2.45) is 11.8 Å². The lowest BCUT2D eigenvalue weighted by Gasteiger charge is -2.33. The van der Waals surface area contributed by atoms with Crippen molar-refractivity contribution in [2.45, 2.75) is 12.3 Å². The van der Waals surface area contributed by atoms with E-state index in [0.29, 0.717) is 0 Å². The second-order valence-corrected chi connectivity index (χ2v) is 4.53. The number of aliphatic hydroxyl groups excluding tert-OH is 2. The van der Waals surface area contributed by atoms with Gasteiger partial charge in [-0.1, -0.05) is 24.3 Å². The van der Waals surface area contributed by atoms with Gasteiger partial charge in [0.05, 0.1) is 0 Å². The van der Waals surface area contributed by atoms with Crippen LogP contribution >= 0.6 is 0 Å². The van der Waals surface area contributed by atoms with Crippen LogP contribution in [0.2, 0.25) is 0 Å². The summed E-state index contributed by atoms with van der Waals surface area (Å²) < 4.78 is 12.9. The van der Waals surface area contributed by atoms with Crippen molar-refractivity contribution in [3.05, 3.63) is 47.8 Å². The van der Waals surface area contributed by atoms with Crippen LogP contribution in [-0.4, -0.2) is 23.4 Å². The van der Waals surface area contributed by atoms with Crippen LogP contribution in [-0.2, 0) is 0 Å². The van der Waals surface area contributed by atoms with Crippen LogP contribution in [0.5, 0.6) is 0 Å². The van der Waals surface area contributed by atoms with Crippen LogP contribution in [0.25, 0.3) is 0 Å². The Balaban J connectivity index is 2.26. The number of allylic oxidation sites excluding steroid dienone is 2. The maximum Gasteiger partial charge on any atom is 0.123 e. The minimum Gasteiger partial charge on any atom is -0.396 e. The predicted octanol–water partition coefficient (Wildman–Crippen LogP) is 2.09. The van der Waals surface area contributed by atoms with E-state index in [1.807, 2.05) is 12.2 Å². The Labute approximate surface area is 100 Å². The van der Waals surface area contributed by atoms with Crippen LogP contribution < -0.4 is 0 Å². The highest BCUT2D eigenvalue weighted by atomic mass is 19.1. The average Bonchev–Trinajstić information content (AvgIpc) is 2.38. The molecule has 2 N–H and O–H groups in total. The first-order chi connectivity index (χ1) is 8.26. The van der Waals surface area contributed by atoms with Crippen molar-refractivity contribution in [3.63, 3.8) is 0 Å². The molecule has 0 fully saturated rings. The van der Waals surface area contributed by atoms with Gasteiger partial charge in [-0.25, -0.2) is 4.39 Å². The monoisotopic (exact) mass is 236 g/mol. The van der Waals surface area contributed by atoms with Crippen LogP contribution in [0.3, 0.4) is 0 Å². The number of rotatable bonds is 3. The fourth-order valence-corrected chi connectivity index (χ4v) is 2.53. The molecule has 17 heavy (non-hydrogen) atoms. The van der Waals surface area contributed by atoms with E-state index in [9.17, 15) is 14.6 Å². The average molecular weight is 236 g/mol. The van der Waals surface area contributed by atoms with E-state index in [1.54, 1.807) is 12.1 Å². The van der Waals surface area contributed by atoms with Gasteiger partial charge in [-0.15, -0.1) is 0 Å². The zero-order valence-corrected chi connectivity index (χ0v) is 9.59. The SMILES string of the molecule is OC[C@@H]1CC=C[C@H](c2ccc(F)cc2)[C@@H]1CO. The third-order valence-electron chi connectivity index (χ3n) is 3.55. The maximum absolute atomic E-state index is 12.9. The Kier molecular flexibility index (Phi) is 3.92. The highest BCUT2D eigenvalue weighted by Gasteiger charge is 2.30. The van der Waals surface area contributed by atoms with Gasteiger partial charge in [0.15, 0.2) is 0 Å². The van der Waals surface area contributed by atoms with E-state index in [1.165, 1.54) is 12.1 Å². The molecule has 0 saturated carbocycles. The summed E-state index contributed by atoms with van der Waals surface area (Å²) >= 11 is 0. The van der Waals surface area contributed by atoms with Crippen molar-refractivity contribution >= 4 is 0 Å². The first-order valence-electron chi connectivity index (χ1n) is 5.90. The first-order valence-corrected chi connectivity index (χ1v) is 5.90. The van der Waals surface area contributed by atoms with Crippen molar-refractivity contribution in [3.8, 4) is 0 Å². The van der Waals surface area contributed by atoms with Gasteiger partial charge in [-0.05, 0) is 36.0 Å². The van der Waals surface area contributed by atoms with Gasteiger partial charge in [-0.2, -0.15) is 0 Å². The molecule has 0 aliphatic heterocycles. The van der Waals surface area contributed by atoms with Crippen LogP contribution in [0.15, 0.2) is 36.4 Å². The number of halogens is 1. The molecule has 0 saturated heterocycles. The molecule has 0 spiro atoms. The number of aliphatic hydroxyl groups is 2. The minimum absolute atomic E-state index is 0.00969. The molecule has 1 aliphatic rings. The van der Waals surface area contributed by atoms with E-state index >= 15 is 0 Å². The smallest absolute Gasteiger partial charge is 0.123 e. The molecule has 2 nitrogen and oxygen atoms in total. The molecule has 3 heteroatoms. The third kappa shape index (κ3) is 2.56. The predicted molar refractivity (Wildman–Crippen MR) is 64.0 cm³/mol. The molecule has 1 aromatic carbocycles. The fraction of sp³-hybridized carbons (Fsp3) is 0.429. The lowest BCUT2D eigenvalue weighted by Crippen LogP contribution is -2.29. The standard InChI is InChI=1S/C14H17FO2/c15-12-6-4-10(5-7-12)13-3-1-2-11(8-16)14(13)9-17/h1,3-7,11,13-14,16-17H,2,8-9H2/t11-,13+,14+/m0/s1. The van der Waals surface area contributed by atoms with Crippen LogP contribution in [0.4, 0.5) is 4.39 Å². The zero-order chi connectivity index (χ0) is 12.3. The van der Waals surface area contributed by atoms with Gasteiger partial charge in [0.2, 0.25) is 0 Å². The molecule has 0 radical (unpaired) electrons. The Bertz CT molecular complexity index is 386. The molecule has 0 aromatic heterocycles. The van der Waals surface area contributed by atoms with E-state index in [2.05, 4.69) is 0 Å². The fourth-order valence-electron chi connectivity index (χ4n) is 2.53. The summed E-state index contributed by atoms with van der Waals surface area (Å²) in [6, 6.07) is 6.35. The quantitative estimate of drug-likeness (QED) is 0.789. The summed E-state index contributed by atoms with van der Waals surface area (Å²) in [6.45, 7) is 0.116. The first kappa shape index (κ1) is 12.3. The maximum atomic E-state index is 12.9. The molecule has 2 rings (SSSR count). The molecular formula is C14H17FO2. The normalized spacial score (nSPS) is 28.3. The summed E-state index contributed by atoms with van der Waals surface area (Å²) in [6.07, 6.45) is 4.86. The van der Waals surface area contributed by atoms with Gasteiger partial charge < -0.3 is 10.2 Å². The second kappa shape index (κ2) is 5.43. The molecule has 3 atom stereocenters. The van der Waals surface area contributed by atoms with Crippen molar-refractivity contribution in [2.75, 3.05) is 13.2 Å². The highest BCUT2D eigenvalue weighted by Crippen LogP contribution is 2.36. The Hall–Kier alpha value is -1.19. The molecule has 0 unspecified atom stereocenters. The van der Waals surface area contributed by atoms with Crippen LogP contribution in [0, 0.1) is 17.7 Å². The van der Waals surface area contributed by atoms with Crippen molar-refractivity contribution in [1.29, 1.82) is 0 Å². The lowest BCUT2D eigenvalue weighted by atomic mass is 9.73. The Morgan fingerprint density at radius 2 is 1.82 bits per heavy atom. The van der Waals surface area contributed by atoms with E-state index < -0.39 is 0 Å². The van der Waals surface area contributed by atoms with Crippen molar-refractivity contribution < 1.29 is 14.6 Å². The summed E-state index contributed by atoms with van der Waals surface area (Å²) in [5.41, 5.74) is 0.986. The lowest BCUT2D eigenvalue weighted by molar-refractivity contribution is 0.107. The van der Waals surface area contributed by atoms with Gasteiger partial charge in [0.1, 0.15) is 5.82 Å². The summed E-state index contributed by atoms with van der Waals surface area (Å²) in [5, 5.41) is 18.8. The summed E-state index contributed by atoms with van der Waals surface area (Å²) in [7, 11) is 0. The van der Waals surface area contributed by atoms with Gasteiger partial charge in [0, 0.05) is 19.1 Å². The second-order valence-electron chi connectivity index (χ2n) is 4.53. The van der Waals surface area contributed by atoms with E-state index in [-0.39, 0.29) is 36.8 Å². The zero-order valence-electron chi connectivity index (χ0n) is 9.59. The van der Waals surface area contributed by atoms with Gasteiger partial charge in [-0.3, -0.25) is 0 Å². The molecular weight excluding hydrogens is 219 g/mol. The largest absolute Gasteiger partial charge is 0.396 e. The molecule has 1 aliphatic carbocycles. The molecule has 92 valence electrons. The summed E-state index contributed by atoms with van der Waals surface area (Å²) in [4.78, 5) is 0. The van der Waals surface area contributed by atoms with Gasteiger partial charge in [0.25, 0.3) is 0 Å². The molecule has 0 heterocycles. The van der Waals surface area contributed by atoms with E-state index in [0.717, 1.165) is 12.0 Å². The Morgan fingerprint density at radius 1 is 1.12 bits per heavy atom. The van der Waals surface area contributed by atoms with Crippen LogP contribution in [0.1, 0.15) is 17.9 Å². The number of hydrogen-bond donors (Lipinski definition) is 2. The Morgan fingerprint density at radius 3 is 2.41 bits per heavy atom. The number of hydrogen-bond acceptors (Lipinski definition) is 2. The highest BCUT2D eigenvalue weighted by molar-refractivity contribution is 5.27. The van der Waals surface area contributed by atoms with E-state index in [4.69, 9.17) is 0 Å². The molecule has 1 aromatic rings. The topological polar surface area (TPSA) is 40.5 Å². The minimum atomic E-state index is -0.257. The van der Waals surface area contributed by atoms with Crippen molar-refractivity contribution in [1.82, 2.24) is 0 Å². The molecule has 0 bridgehead atoms. The number of benzene rings is 1. The third-order valence-corrected chi connectivity index (χ3v) is 3.55. The summed E-state index contributed by atoms with van der Waals surface area (Å²) in [5.74, 6) is -0.102. The van der Waals surface area contributed by atoms with Gasteiger partial charge >= 0.3 is 0 Å².